The van der Waals surface area contributed by atoms with Crippen LogP contribution in [0.5, 0.6) is 5.75 Å². The molecule has 0 aliphatic carbocycles. The number of benzene rings is 1. The van der Waals surface area contributed by atoms with Gasteiger partial charge in [0.2, 0.25) is 0 Å². The van der Waals surface area contributed by atoms with Crippen LogP contribution in [0.2, 0.25) is 0 Å². The van der Waals surface area contributed by atoms with Crippen LogP contribution in [0.3, 0.4) is 0 Å². The lowest BCUT2D eigenvalue weighted by Crippen LogP contribution is -2.07. The van der Waals surface area contributed by atoms with Gasteiger partial charge >= 0.3 is 0 Å². The van der Waals surface area contributed by atoms with Gasteiger partial charge in [-0.1, -0.05) is 12.1 Å². The molecule has 0 bridgehead atoms. The van der Waals surface area contributed by atoms with E-state index in [9.17, 15) is 0 Å². The van der Waals surface area contributed by atoms with Crippen molar-refractivity contribution in [2.75, 3.05) is 11.9 Å². The van der Waals surface area contributed by atoms with Crippen molar-refractivity contribution in [2.45, 2.75) is 26.9 Å². The summed E-state index contributed by atoms with van der Waals surface area (Å²) in [5.74, 6) is 1.62. The third kappa shape index (κ3) is 3.44. The summed E-state index contributed by atoms with van der Waals surface area (Å²) >= 11 is 0. The molecule has 19 heavy (non-hydrogen) atoms. The maximum Gasteiger partial charge on any atom is 0.148 e. The molecule has 0 spiro atoms. The Hall–Kier alpha value is -2.10. The highest BCUT2D eigenvalue weighted by Crippen LogP contribution is 2.28. The molecule has 0 fully saturated rings. The van der Waals surface area contributed by atoms with Gasteiger partial charge in [0, 0.05) is 12.1 Å². The third-order valence-corrected chi connectivity index (χ3v) is 2.55. The summed E-state index contributed by atoms with van der Waals surface area (Å²) in [4.78, 5) is 0. The minimum atomic E-state index is 0.134. The van der Waals surface area contributed by atoms with E-state index in [0.717, 1.165) is 29.4 Å². The van der Waals surface area contributed by atoms with E-state index < -0.39 is 0 Å². The summed E-state index contributed by atoms with van der Waals surface area (Å²) in [7, 11) is 0. The van der Waals surface area contributed by atoms with Crippen molar-refractivity contribution in [1.82, 2.24) is 10.2 Å². The zero-order valence-electron chi connectivity index (χ0n) is 11.6. The van der Waals surface area contributed by atoms with Gasteiger partial charge in [-0.3, -0.25) is 0 Å². The van der Waals surface area contributed by atoms with Crippen LogP contribution in [0.15, 0.2) is 36.4 Å². The number of ether oxygens (including phenoxy) is 1. The minimum Gasteiger partial charge on any atom is -0.490 e. The van der Waals surface area contributed by atoms with Crippen molar-refractivity contribution in [3.05, 3.63) is 36.4 Å². The quantitative estimate of drug-likeness (QED) is 0.892. The summed E-state index contributed by atoms with van der Waals surface area (Å²) in [6.45, 7) is 6.88. The number of aromatic nitrogens is 2. The maximum atomic E-state index is 5.79. The van der Waals surface area contributed by atoms with E-state index in [0.29, 0.717) is 0 Å². The summed E-state index contributed by atoms with van der Waals surface area (Å²) in [6, 6.07) is 11.8. The summed E-state index contributed by atoms with van der Waals surface area (Å²) in [5, 5.41) is 11.5. The molecule has 0 aliphatic heterocycles. The molecule has 0 saturated heterocycles. The van der Waals surface area contributed by atoms with Gasteiger partial charge < -0.3 is 10.1 Å². The van der Waals surface area contributed by atoms with E-state index in [2.05, 4.69) is 15.5 Å². The Morgan fingerprint density at radius 3 is 2.53 bits per heavy atom. The Labute approximate surface area is 113 Å². The van der Waals surface area contributed by atoms with Crippen molar-refractivity contribution in [1.29, 1.82) is 0 Å². The monoisotopic (exact) mass is 257 g/mol. The van der Waals surface area contributed by atoms with Crippen LogP contribution in [0.1, 0.15) is 20.8 Å². The molecule has 0 saturated carbocycles. The number of hydrogen-bond acceptors (Lipinski definition) is 4. The van der Waals surface area contributed by atoms with Gasteiger partial charge in [0.15, 0.2) is 0 Å². The zero-order chi connectivity index (χ0) is 13.7. The average molecular weight is 257 g/mol. The van der Waals surface area contributed by atoms with Crippen molar-refractivity contribution in [2.24, 2.45) is 0 Å². The lowest BCUT2D eigenvalue weighted by atomic mass is 10.1. The second-order valence-corrected chi connectivity index (χ2v) is 4.50. The van der Waals surface area contributed by atoms with Crippen molar-refractivity contribution in [3.63, 3.8) is 0 Å². The highest BCUT2D eigenvalue weighted by molar-refractivity contribution is 5.67. The highest BCUT2D eigenvalue weighted by atomic mass is 16.5. The first-order valence-electron chi connectivity index (χ1n) is 6.54. The van der Waals surface area contributed by atoms with E-state index in [-0.39, 0.29) is 6.10 Å². The molecule has 1 N–H and O–H groups in total. The molecule has 0 radical (unpaired) electrons. The molecule has 2 rings (SSSR count). The number of nitrogens with zero attached hydrogens (tertiary/aromatic N) is 2. The van der Waals surface area contributed by atoms with Gasteiger partial charge in [0.05, 0.1) is 11.8 Å². The average Bonchev–Trinajstić information content (AvgIpc) is 2.40. The van der Waals surface area contributed by atoms with Crippen LogP contribution >= 0.6 is 0 Å². The molecule has 1 aromatic carbocycles. The molecule has 0 unspecified atom stereocenters. The Kier molecular flexibility index (Phi) is 4.34. The Morgan fingerprint density at radius 1 is 1.11 bits per heavy atom. The van der Waals surface area contributed by atoms with Crippen LogP contribution in [0, 0.1) is 0 Å². The number of anilines is 1. The van der Waals surface area contributed by atoms with Crippen LogP contribution in [0.25, 0.3) is 11.3 Å². The fourth-order valence-electron chi connectivity index (χ4n) is 1.79. The van der Waals surface area contributed by atoms with E-state index in [1.807, 2.05) is 57.2 Å². The number of rotatable bonds is 5. The molecule has 4 nitrogen and oxygen atoms in total. The minimum absolute atomic E-state index is 0.134. The number of hydrogen-bond donors (Lipinski definition) is 1. The zero-order valence-corrected chi connectivity index (χ0v) is 11.6. The van der Waals surface area contributed by atoms with Crippen LogP contribution in [-0.4, -0.2) is 22.8 Å². The van der Waals surface area contributed by atoms with Crippen molar-refractivity contribution < 1.29 is 4.74 Å². The second kappa shape index (κ2) is 6.18. The molecular weight excluding hydrogens is 238 g/mol. The van der Waals surface area contributed by atoms with E-state index in [1.54, 1.807) is 0 Å². The first-order chi connectivity index (χ1) is 9.20. The predicted octanol–water partition coefficient (Wildman–Crippen LogP) is 3.36. The Balaban J connectivity index is 2.30. The number of nitrogens with one attached hydrogen (secondary N) is 1. The Bertz CT molecular complexity index is 523. The molecule has 0 atom stereocenters. The lowest BCUT2D eigenvalue weighted by Gasteiger charge is -2.13. The predicted molar refractivity (Wildman–Crippen MR) is 77.4 cm³/mol. The molecule has 4 heteroatoms. The second-order valence-electron chi connectivity index (χ2n) is 4.50. The van der Waals surface area contributed by atoms with E-state index in [4.69, 9.17) is 4.74 Å². The van der Waals surface area contributed by atoms with Crippen LogP contribution in [-0.2, 0) is 0 Å². The van der Waals surface area contributed by atoms with Crippen LogP contribution in [0.4, 0.5) is 5.82 Å². The SMILES string of the molecule is CCNc1ccc(-c2ccccc2OC(C)C)nn1. The van der Waals surface area contributed by atoms with Crippen LogP contribution < -0.4 is 10.1 Å². The van der Waals surface area contributed by atoms with Crippen molar-refractivity contribution in [3.8, 4) is 17.0 Å². The molecular formula is C15H19N3O. The van der Waals surface area contributed by atoms with E-state index >= 15 is 0 Å². The standard InChI is InChI=1S/C15H19N3O/c1-4-16-15-10-9-13(17-18-15)12-7-5-6-8-14(12)19-11(2)3/h5-11H,4H2,1-3H3,(H,16,18). The molecule has 1 heterocycles. The van der Waals surface area contributed by atoms with E-state index in [1.165, 1.54) is 0 Å². The topological polar surface area (TPSA) is 47.0 Å². The summed E-state index contributed by atoms with van der Waals surface area (Å²) in [5.41, 5.74) is 1.78. The molecule has 0 aliphatic rings. The maximum absolute atomic E-state index is 5.79. The normalized spacial score (nSPS) is 10.5. The Morgan fingerprint density at radius 2 is 1.89 bits per heavy atom. The third-order valence-electron chi connectivity index (χ3n) is 2.55. The number of para-hydroxylation sites is 1. The first kappa shape index (κ1) is 13.3. The van der Waals surface area contributed by atoms with Gasteiger partial charge in [0.25, 0.3) is 0 Å². The highest BCUT2D eigenvalue weighted by Gasteiger charge is 2.09. The van der Waals surface area contributed by atoms with Crippen molar-refractivity contribution >= 4 is 5.82 Å². The first-order valence-corrected chi connectivity index (χ1v) is 6.54. The van der Waals surface area contributed by atoms with Gasteiger partial charge in [-0.15, -0.1) is 10.2 Å². The smallest absolute Gasteiger partial charge is 0.148 e. The summed E-state index contributed by atoms with van der Waals surface area (Å²) in [6.07, 6.45) is 0.134. The molecule has 100 valence electrons. The largest absolute Gasteiger partial charge is 0.490 e. The molecule has 1 aromatic heterocycles. The van der Waals surface area contributed by atoms with Gasteiger partial charge in [-0.2, -0.15) is 0 Å². The fraction of sp³-hybridized carbons (Fsp3) is 0.333. The van der Waals surface area contributed by atoms with Gasteiger partial charge in [-0.25, -0.2) is 0 Å². The molecule has 2 aromatic rings. The summed E-state index contributed by atoms with van der Waals surface area (Å²) < 4.78 is 5.79. The van der Waals surface area contributed by atoms with Gasteiger partial charge in [-0.05, 0) is 45.0 Å². The lowest BCUT2D eigenvalue weighted by molar-refractivity contribution is 0.243. The van der Waals surface area contributed by atoms with Gasteiger partial charge in [0.1, 0.15) is 11.6 Å². The fourth-order valence-corrected chi connectivity index (χ4v) is 1.79. The molecule has 0 amide bonds.